The highest BCUT2D eigenvalue weighted by atomic mass is 16.5. The van der Waals surface area contributed by atoms with E-state index in [2.05, 4.69) is 39.4 Å². The van der Waals surface area contributed by atoms with Gasteiger partial charge in [-0.3, -0.25) is 4.79 Å². The Kier molecular flexibility index (Phi) is 4.96. The summed E-state index contributed by atoms with van der Waals surface area (Å²) in [4.78, 5) is 17.6. The van der Waals surface area contributed by atoms with Gasteiger partial charge in [-0.2, -0.15) is 5.10 Å². The van der Waals surface area contributed by atoms with Crippen LogP contribution in [0.5, 0.6) is 0 Å². The lowest BCUT2D eigenvalue weighted by atomic mass is 9.96. The lowest BCUT2D eigenvalue weighted by molar-refractivity contribution is 0.000386. The molecule has 1 aliphatic carbocycles. The Morgan fingerprint density at radius 1 is 1.48 bits per heavy atom. The smallest absolute Gasteiger partial charge is 0.167 e. The normalized spacial score (nSPS) is 20.1. The molecule has 0 saturated heterocycles. The number of allylic oxidation sites excluding steroid dienone is 1. The van der Waals surface area contributed by atoms with E-state index in [1.165, 1.54) is 6.20 Å². The van der Waals surface area contributed by atoms with Gasteiger partial charge in [0.2, 0.25) is 0 Å². The maximum atomic E-state index is 11.0. The van der Waals surface area contributed by atoms with Crippen molar-refractivity contribution in [2.24, 2.45) is 0 Å². The number of carbonyl (C=O) groups excluding carboxylic acids is 1. The molecule has 0 amide bonds. The van der Waals surface area contributed by atoms with Crippen LogP contribution in [0.4, 0.5) is 5.82 Å². The van der Waals surface area contributed by atoms with Crippen molar-refractivity contribution < 1.29 is 9.53 Å². The lowest BCUT2D eigenvalue weighted by Crippen LogP contribution is -2.31. The van der Waals surface area contributed by atoms with E-state index in [4.69, 9.17) is 4.74 Å². The maximum Gasteiger partial charge on any atom is 0.167 e. The summed E-state index contributed by atoms with van der Waals surface area (Å²) < 4.78 is 7.57. The van der Waals surface area contributed by atoms with E-state index in [-0.39, 0.29) is 5.60 Å². The molecule has 0 aliphatic heterocycles. The molecule has 0 bridgehead atoms. The number of hydrogen-bond acceptors (Lipinski definition) is 6. The monoisotopic (exact) mass is 341 g/mol. The van der Waals surface area contributed by atoms with Crippen molar-refractivity contribution in [3.05, 3.63) is 47.9 Å². The Labute approximate surface area is 147 Å². The van der Waals surface area contributed by atoms with Crippen molar-refractivity contribution in [3.8, 4) is 0 Å². The second-order valence-electron chi connectivity index (χ2n) is 6.59. The summed E-state index contributed by atoms with van der Waals surface area (Å²) in [5, 5.41) is 7.35. The van der Waals surface area contributed by atoms with Crippen molar-refractivity contribution in [3.63, 3.8) is 0 Å². The Balaban J connectivity index is 1.65. The number of likely N-dealkylation sites (N-methyl/N-ethyl adjacent to an activating group) is 1. The van der Waals surface area contributed by atoms with Crippen molar-refractivity contribution in [2.45, 2.75) is 18.9 Å². The number of aldehydes is 1. The Morgan fingerprint density at radius 3 is 3.00 bits per heavy atom. The van der Waals surface area contributed by atoms with Crippen LogP contribution < -0.4 is 5.32 Å². The van der Waals surface area contributed by atoms with E-state index in [1.807, 2.05) is 26.2 Å². The van der Waals surface area contributed by atoms with Gasteiger partial charge in [-0.25, -0.2) is 9.50 Å². The summed E-state index contributed by atoms with van der Waals surface area (Å²) in [6.45, 7) is 3.67. The van der Waals surface area contributed by atoms with Crippen molar-refractivity contribution in [2.75, 3.05) is 32.6 Å². The van der Waals surface area contributed by atoms with Gasteiger partial charge in [-0.15, -0.1) is 0 Å². The minimum Gasteiger partial charge on any atom is -0.370 e. The molecule has 2 heterocycles. The third kappa shape index (κ3) is 4.12. The average Bonchev–Trinajstić information content (AvgIpc) is 2.99. The molecule has 132 valence electrons. The molecule has 1 N–H and O–H groups in total. The largest absolute Gasteiger partial charge is 0.370 e. The van der Waals surface area contributed by atoms with E-state index in [0.29, 0.717) is 23.6 Å². The third-order valence-electron chi connectivity index (χ3n) is 4.11. The third-order valence-corrected chi connectivity index (χ3v) is 4.11. The molecule has 0 fully saturated rings. The van der Waals surface area contributed by atoms with E-state index in [1.54, 1.807) is 10.7 Å². The first kappa shape index (κ1) is 17.3. The summed E-state index contributed by atoms with van der Waals surface area (Å²) in [5.74, 6) is 0.670. The predicted octanol–water partition coefficient (Wildman–Crippen LogP) is 2.13. The lowest BCUT2D eigenvalue weighted by Gasteiger charge is -2.29. The fraction of sp³-hybridized carbons (Fsp3) is 0.389. The zero-order chi connectivity index (χ0) is 17.9. The van der Waals surface area contributed by atoms with Crippen LogP contribution in [0.2, 0.25) is 0 Å². The molecule has 0 spiro atoms. The number of anilines is 1. The van der Waals surface area contributed by atoms with Crippen LogP contribution in [0.15, 0.2) is 42.4 Å². The number of rotatable bonds is 7. The van der Waals surface area contributed by atoms with Gasteiger partial charge >= 0.3 is 0 Å². The SMILES string of the molecule is CN(C)CCOC1(C)C=CC(Nc2ccn3ncc(C=O)c3n2)=CC1. The first-order valence-electron chi connectivity index (χ1n) is 8.24. The molecule has 0 aromatic carbocycles. The van der Waals surface area contributed by atoms with Gasteiger partial charge in [0.1, 0.15) is 5.82 Å². The number of ether oxygens (including phenoxy) is 1. The summed E-state index contributed by atoms with van der Waals surface area (Å²) in [6, 6.07) is 1.82. The van der Waals surface area contributed by atoms with Gasteiger partial charge < -0.3 is 15.0 Å². The first-order chi connectivity index (χ1) is 12.0. The second kappa shape index (κ2) is 7.16. The molecule has 0 radical (unpaired) electrons. The fourth-order valence-corrected chi connectivity index (χ4v) is 2.56. The van der Waals surface area contributed by atoms with Crippen LogP contribution in [0.25, 0.3) is 5.65 Å². The van der Waals surface area contributed by atoms with Gasteiger partial charge in [0, 0.05) is 24.9 Å². The van der Waals surface area contributed by atoms with E-state index in [0.717, 1.165) is 24.9 Å². The molecule has 2 aromatic rings. The Hall–Kier alpha value is -2.51. The van der Waals surface area contributed by atoms with Crippen molar-refractivity contribution in [1.82, 2.24) is 19.5 Å². The molecule has 1 unspecified atom stereocenters. The predicted molar refractivity (Wildman–Crippen MR) is 96.7 cm³/mol. The molecule has 1 aliphatic rings. The molecule has 7 nitrogen and oxygen atoms in total. The van der Waals surface area contributed by atoms with Gasteiger partial charge in [0.05, 0.1) is 24.0 Å². The summed E-state index contributed by atoms with van der Waals surface area (Å²) in [6.07, 6.45) is 11.0. The topological polar surface area (TPSA) is 71.8 Å². The summed E-state index contributed by atoms with van der Waals surface area (Å²) in [7, 11) is 4.06. The molecule has 7 heteroatoms. The maximum absolute atomic E-state index is 11.0. The van der Waals surface area contributed by atoms with E-state index in [9.17, 15) is 4.79 Å². The standard InChI is InChI=1S/C18H23N5O2/c1-18(25-11-10-22(2)3)7-4-15(5-8-18)20-16-6-9-23-17(21-16)14(13-24)12-19-23/h4-7,9,12-13H,8,10-11H2,1-3H3,(H,20,21). The zero-order valence-electron chi connectivity index (χ0n) is 14.8. The number of fused-ring (bicyclic) bond motifs is 1. The highest BCUT2D eigenvalue weighted by Gasteiger charge is 2.23. The molecular weight excluding hydrogens is 318 g/mol. The van der Waals surface area contributed by atoms with E-state index < -0.39 is 0 Å². The summed E-state index contributed by atoms with van der Waals surface area (Å²) >= 11 is 0. The van der Waals surface area contributed by atoms with Crippen LogP contribution in [0.1, 0.15) is 23.7 Å². The van der Waals surface area contributed by atoms with Crippen LogP contribution in [0.3, 0.4) is 0 Å². The fourth-order valence-electron chi connectivity index (χ4n) is 2.56. The molecule has 0 saturated carbocycles. The zero-order valence-corrected chi connectivity index (χ0v) is 14.8. The highest BCUT2D eigenvalue weighted by Crippen LogP contribution is 2.25. The Bertz CT molecular complexity index is 824. The summed E-state index contributed by atoms with van der Waals surface area (Å²) in [5.41, 5.74) is 1.68. The number of carbonyl (C=O) groups is 1. The van der Waals surface area contributed by atoms with Crippen LogP contribution in [-0.4, -0.2) is 58.6 Å². The van der Waals surface area contributed by atoms with Gasteiger partial charge in [0.15, 0.2) is 11.9 Å². The second-order valence-corrected chi connectivity index (χ2v) is 6.59. The first-order valence-corrected chi connectivity index (χ1v) is 8.24. The molecular formula is C18H23N5O2. The van der Waals surface area contributed by atoms with Crippen LogP contribution >= 0.6 is 0 Å². The molecule has 2 aromatic heterocycles. The number of nitrogens with zero attached hydrogens (tertiary/aromatic N) is 4. The molecule has 3 rings (SSSR count). The van der Waals surface area contributed by atoms with Gasteiger partial charge in [-0.05, 0) is 33.2 Å². The number of nitrogens with one attached hydrogen (secondary N) is 1. The van der Waals surface area contributed by atoms with Crippen molar-refractivity contribution >= 4 is 17.8 Å². The van der Waals surface area contributed by atoms with Gasteiger partial charge in [0.25, 0.3) is 0 Å². The number of aromatic nitrogens is 3. The molecule has 1 atom stereocenters. The minimum absolute atomic E-state index is 0.283. The van der Waals surface area contributed by atoms with Crippen LogP contribution in [0, 0.1) is 0 Å². The highest BCUT2D eigenvalue weighted by molar-refractivity contribution is 5.84. The molecule has 25 heavy (non-hydrogen) atoms. The quantitative estimate of drug-likeness (QED) is 0.778. The van der Waals surface area contributed by atoms with Crippen LogP contribution in [-0.2, 0) is 4.74 Å². The van der Waals surface area contributed by atoms with Gasteiger partial charge in [-0.1, -0.05) is 12.2 Å². The number of hydrogen-bond donors (Lipinski definition) is 1. The Morgan fingerprint density at radius 2 is 2.32 bits per heavy atom. The minimum atomic E-state index is -0.283. The average molecular weight is 341 g/mol. The van der Waals surface area contributed by atoms with E-state index >= 15 is 0 Å². The van der Waals surface area contributed by atoms with Crippen molar-refractivity contribution in [1.29, 1.82) is 0 Å².